The van der Waals surface area contributed by atoms with Crippen molar-refractivity contribution in [3.8, 4) is 5.75 Å². The Morgan fingerprint density at radius 1 is 1.33 bits per heavy atom. The van der Waals surface area contributed by atoms with Gasteiger partial charge < -0.3 is 19.9 Å². The summed E-state index contributed by atoms with van der Waals surface area (Å²) in [4.78, 5) is 8.51. The van der Waals surface area contributed by atoms with Crippen molar-refractivity contribution < 1.29 is 13.7 Å². The predicted octanol–water partition coefficient (Wildman–Crippen LogP) is 3.26. The molecule has 0 aliphatic carbocycles. The SMILES string of the molecule is CN=C(NCc1noc(C(C)(C)C)n1)NCC(C)Oc1cccc(F)c1.I. The fourth-order valence-electron chi connectivity index (χ4n) is 2.07. The summed E-state index contributed by atoms with van der Waals surface area (Å²) >= 11 is 0. The molecule has 1 unspecified atom stereocenters. The lowest BCUT2D eigenvalue weighted by Gasteiger charge is -2.17. The third-order valence-corrected chi connectivity index (χ3v) is 3.44. The van der Waals surface area contributed by atoms with Crippen molar-refractivity contribution in [3.05, 3.63) is 41.8 Å². The van der Waals surface area contributed by atoms with Gasteiger partial charge in [0.05, 0.1) is 13.1 Å². The van der Waals surface area contributed by atoms with Crippen LogP contribution in [0.5, 0.6) is 5.75 Å². The van der Waals surface area contributed by atoms with Gasteiger partial charge in [-0.05, 0) is 19.1 Å². The van der Waals surface area contributed by atoms with E-state index in [1.807, 2.05) is 27.7 Å². The van der Waals surface area contributed by atoms with Crippen molar-refractivity contribution in [2.45, 2.75) is 45.8 Å². The minimum absolute atomic E-state index is 0. The molecule has 0 aliphatic rings. The number of hydrogen-bond acceptors (Lipinski definition) is 5. The zero-order valence-electron chi connectivity index (χ0n) is 16.2. The first-order valence-electron chi connectivity index (χ1n) is 8.47. The molecule has 27 heavy (non-hydrogen) atoms. The Morgan fingerprint density at radius 3 is 2.67 bits per heavy atom. The Morgan fingerprint density at radius 2 is 2.07 bits per heavy atom. The highest BCUT2D eigenvalue weighted by molar-refractivity contribution is 14.0. The number of hydrogen-bond donors (Lipinski definition) is 2. The van der Waals surface area contributed by atoms with Gasteiger partial charge in [-0.2, -0.15) is 4.98 Å². The van der Waals surface area contributed by atoms with Crippen LogP contribution in [-0.4, -0.2) is 35.8 Å². The quantitative estimate of drug-likeness (QED) is 0.367. The molecular weight excluding hydrogens is 464 g/mol. The average Bonchev–Trinajstić information content (AvgIpc) is 3.04. The summed E-state index contributed by atoms with van der Waals surface area (Å²) < 4.78 is 24.1. The maximum Gasteiger partial charge on any atom is 0.232 e. The Labute approximate surface area is 176 Å². The fraction of sp³-hybridized carbons (Fsp3) is 0.500. The standard InChI is InChI=1S/C18H26FN5O2.HI/c1-12(25-14-8-6-7-13(19)9-14)10-21-17(20-5)22-11-15-23-16(26-24-15)18(2,3)4;/h6-9,12H,10-11H2,1-5H3,(H2,20,21,22);1H. The molecule has 7 nitrogen and oxygen atoms in total. The lowest BCUT2D eigenvalue weighted by molar-refractivity contribution is 0.223. The highest BCUT2D eigenvalue weighted by Gasteiger charge is 2.21. The fourth-order valence-corrected chi connectivity index (χ4v) is 2.07. The number of nitrogens with zero attached hydrogens (tertiary/aromatic N) is 3. The van der Waals surface area contributed by atoms with Crippen LogP contribution in [-0.2, 0) is 12.0 Å². The Balaban J connectivity index is 0.00000364. The van der Waals surface area contributed by atoms with Crippen molar-refractivity contribution in [1.82, 2.24) is 20.8 Å². The lowest BCUT2D eigenvalue weighted by atomic mass is 9.97. The van der Waals surface area contributed by atoms with E-state index in [9.17, 15) is 4.39 Å². The molecule has 1 aromatic heterocycles. The highest BCUT2D eigenvalue weighted by Crippen LogP contribution is 2.19. The molecule has 150 valence electrons. The molecule has 0 saturated carbocycles. The van der Waals surface area contributed by atoms with E-state index in [1.54, 1.807) is 19.2 Å². The van der Waals surface area contributed by atoms with Crippen molar-refractivity contribution in [3.63, 3.8) is 0 Å². The maximum atomic E-state index is 13.2. The minimum atomic E-state index is -0.324. The van der Waals surface area contributed by atoms with E-state index in [4.69, 9.17) is 9.26 Å². The molecule has 0 bridgehead atoms. The van der Waals surface area contributed by atoms with Crippen LogP contribution in [0.4, 0.5) is 4.39 Å². The van der Waals surface area contributed by atoms with Gasteiger partial charge in [0.2, 0.25) is 5.89 Å². The van der Waals surface area contributed by atoms with Gasteiger partial charge in [-0.1, -0.05) is 32.0 Å². The highest BCUT2D eigenvalue weighted by atomic mass is 127. The summed E-state index contributed by atoms with van der Waals surface area (Å²) in [5, 5.41) is 10.2. The number of ether oxygens (including phenoxy) is 1. The summed E-state index contributed by atoms with van der Waals surface area (Å²) in [5.41, 5.74) is -0.186. The zero-order chi connectivity index (χ0) is 19.2. The Kier molecular flexibility index (Phi) is 8.94. The summed E-state index contributed by atoms with van der Waals surface area (Å²) in [7, 11) is 1.67. The summed E-state index contributed by atoms with van der Waals surface area (Å²) in [6, 6.07) is 6.06. The van der Waals surface area contributed by atoms with Crippen molar-refractivity contribution >= 4 is 29.9 Å². The second kappa shape index (κ2) is 10.4. The van der Waals surface area contributed by atoms with Gasteiger partial charge in [-0.3, -0.25) is 4.99 Å². The van der Waals surface area contributed by atoms with Crippen LogP contribution in [0.3, 0.4) is 0 Å². The summed E-state index contributed by atoms with van der Waals surface area (Å²) in [5.74, 6) is 1.90. The predicted molar refractivity (Wildman–Crippen MR) is 113 cm³/mol. The summed E-state index contributed by atoms with van der Waals surface area (Å²) in [6.45, 7) is 8.81. The number of guanidine groups is 1. The second-order valence-electron chi connectivity index (χ2n) is 6.96. The zero-order valence-corrected chi connectivity index (χ0v) is 18.6. The molecule has 2 N–H and O–H groups in total. The molecule has 0 radical (unpaired) electrons. The molecule has 2 aromatic rings. The van der Waals surface area contributed by atoms with E-state index in [0.29, 0.717) is 36.5 Å². The molecule has 0 amide bonds. The van der Waals surface area contributed by atoms with Crippen LogP contribution in [0.2, 0.25) is 0 Å². The lowest BCUT2D eigenvalue weighted by Crippen LogP contribution is -2.41. The number of aliphatic imine (C=N–C) groups is 1. The van der Waals surface area contributed by atoms with Crippen LogP contribution in [0, 0.1) is 5.82 Å². The van der Waals surface area contributed by atoms with E-state index < -0.39 is 0 Å². The van der Waals surface area contributed by atoms with Gasteiger partial charge in [0, 0.05) is 18.5 Å². The number of rotatable bonds is 6. The Bertz CT molecular complexity index is 745. The first-order chi connectivity index (χ1) is 12.3. The van der Waals surface area contributed by atoms with Gasteiger partial charge in [0.1, 0.15) is 17.7 Å². The van der Waals surface area contributed by atoms with Crippen LogP contribution in [0.15, 0.2) is 33.8 Å². The van der Waals surface area contributed by atoms with Gasteiger partial charge >= 0.3 is 0 Å². The molecule has 0 spiro atoms. The molecular formula is C18H27FIN5O2. The molecule has 9 heteroatoms. The van der Waals surface area contributed by atoms with Gasteiger partial charge in [0.15, 0.2) is 11.8 Å². The number of aromatic nitrogens is 2. The average molecular weight is 491 g/mol. The third-order valence-electron chi connectivity index (χ3n) is 3.44. The van der Waals surface area contributed by atoms with Crippen LogP contribution in [0.1, 0.15) is 39.4 Å². The molecule has 0 saturated heterocycles. The van der Waals surface area contributed by atoms with Gasteiger partial charge in [-0.15, -0.1) is 24.0 Å². The van der Waals surface area contributed by atoms with E-state index in [1.165, 1.54) is 12.1 Å². The van der Waals surface area contributed by atoms with Gasteiger partial charge in [-0.25, -0.2) is 4.39 Å². The van der Waals surface area contributed by atoms with E-state index in [-0.39, 0.29) is 41.3 Å². The normalized spacial score (nSPS) is 12.9. The molecule has 0 fully saturated rings. The van der Waals surface area contributed by atoms with E-state index in [0.717, 1.165) is 0 Å². The van der Waals surface area contributed by atoms with Crippen molar-refractivity contribution in [2.24, 2.45) is 4.99 Å². The first-order valence-corrected chi connectivity index (χ1v) is 8.47. The summed E-state index contributed by atoms with van der Waals surface area (Å²) in [6.07, 6.45) is -0.173. The van der Waals surface area contributed by atoms with Crippen molar-refractivity contribution in [2.75, 3.05) is 13.6 Å². The molecule has 1 heterocycles. The van der Waals surface area contributed by atoms with Crippen LogP contribution >= 0.6 is 24.0 Å². The number of benzene rings is 1. The smallest absolute Gasteiger partial charge is 0.232 e. The van der Waals surface area contributed by atoms with Gasteiger partial charge in [0.25, 0.3) is 0 Å². The number of nitrogens with one attached hydrogen (secondary N) is 2. The van der Waals surface area contributed by atoms with Crippen LogP contribution < -0.4 is 15.4 Å². The second-order valence-corrected chi connectivity index (χ2v) is 6.96. The topological polar surface area (TPSA) is 84.6 Å². The maximum absolute atomic E-state index is 13.2. The molecule has 1 aromatic carbocycles. The monoisotopic (exact) mass is 491 g/mol. The largest absolute Gasteiger partial charge is 0.489 e. The number of halogens is 2. The molecule has 0 aliphatic heterocycles. The molecule has 2 rings (SSSR count). The third kappa shape index (κ3) is 7.69. The van der Waals surface area contributed by atoms with E-state index in [2.05, 4.69) is 25.8 Å². The Hall–Kier alpha value is -1.91. The first kappa shape index (κ1) is 23.1. The van der Waals surface area contributed by atoms with Crippen LogP contribution in [0.25, 0.3) is 0 Å². The molecule has 1 atom stereocenters. The minimum Gasteiger partial charge on any atom is -0.489 e. The van der Waals surface area contributed by atoms with Crippen molar-refractivity contribution in [1.29, 1.82) is 0 Å². The van der Waals surface area contributed by atoms with E-state index >= 15 is 0 Å².